The van der Waals surface area contributed by atoms with Gasteiger partial charge in [0.25, 0.3) is 5.56 Å². The van der Waals surface area contributed by atoms with E-state index in [1.54, 1.807) is 35.3 Å². The first-order chi connectivity index (χ1) is 11.1. The van der Waals surface area contributed by atoms with Gasteiger partial charge in [-0.05, 0) is 55.5 Å². The molecule has 0 bridgehead atoms. The normalized spacial score (nSPS) is 15.7. The SMILES string of the molecule is Cc1cccnc1[C@H](C1CC1)n1cnc2cc(Cl)ccc2c1=O. The Morgan fingerprint density at radius 1 is 1.26 bits per heavy atom. The van der Waals surface area contributed by atoms with Crippen molar-refractivity contribution in [1.82, 2.24) is 14.5 Å². The number of nitrogens with zero attached hydrogens (tertiary/aromatic N) is 3. The van der Waals surface area contributed by atoms with Crippen LogP contribution in [-0.2, 0) is 0 Å². The molecule has 0 spiro atoms. The fraction of sp³-hybridized carbons (Fsp3) is 0.278. The minimum atomic E-state index is -0.0451. The molecule has 0 radical (unpaired) electrons. The van der Waals surface area contributed by atoms with E-state index < -0.39 is 0 Å². The molecule has 1 aliphatic carbocycles. The van der Waals surface area contributed by atoms with E-state index in [2.05, 4.69) is 9.97 Å². The average Bonchev–Trinajstić information content (AvgIpc) is 3.36. The molecule has 1 atom stereocenters. The zero-order valence-corrected chi connectivity index (χ0v) is 13.5. The molecule has 0 N–H and O–H groups in total. The Labute approximate surface area is 138 Å². The zero-order chi connectivity index (χ0) is 16.0. The van der Waals surface area contributed by atoms with Crippen LogP contribution in [0.1, 0.15) is 30.1 Å². The van der Waals surface area contributed by atoms with Crippen molar-refractivity contribution in [3.05, 3.63) is 69.5 Å². The Morgan fingerprint density at radius 2 is 2.09 bits per heavy atom. The quantitative estimate of drug-likeness (QED) is 0.736. The number of pyridine rings is 1. The van der Waals surface area contributed by atoms with Crippen LogP contribution in [0.2, 0.25) is 5.02 Å². The molecular formula is C18H16ClN3O. The molecule has 0 saturated heterocycles. The predicted molar refractivity (Wildman–Crippen MR) is 90.9 cm³/mol. The van der Waals surface area contributed by atoms with Gasteiger partial charge in [0.2, 0.25) is 0 Å². The minimum Gasteiger partial charge on any atom is -0.289 e. The summed E-state index contributed by atoms with van der Waals surface area (Å²) in [6, 6.07) is 9.12. The number of aryl methyl sites for hydroxylation is 1. The summed E-state index contributed by atoms with van der Waals surface area (Å²) in [4.78, 5) is 21.9. The molecule has 3 aromatic rings. The van der Waals surface area contributed by atoms with Crippen LogP contribution in [0.3, 0.4) is 0 Å². The van der Waals surface area contributed by atoms with Crippen molar-refractivity contribution in [2.75, 3.05) is 0 Å². The molecule has 2 aromatic heterocycles. The van der Waals surface area contributed by atoms with Crippen LogP contribution in [0.15, 0.2) is 47.7 Å². The Morgan fingerprint density at radius 3 is 2.83 bits per heavy atom. The lowest BCUT2D eigenvalue weighted by Gasteiger charge is -2.20. The zero-order valence-electron chi connectivity index (χ0n) is 12.7. The molecule has 116 valence electrons. The van der Waals surface area contributed by atoms with Crippen molar-refractivity contribution in [3.63, 3.8) is 0 Å². The van der Waals surface area contributed by atoms with Gasteiger partial charge < -0.3 is 0 Å². The molecule has 1 fully saturated rings. The summed E-state index contributed by atoms with van der Waals surface area (Å²) in [6.45, 7) is 2.04. The van der Waals surface area contributed by atoms with Crippen molar-refractivity contribution >= 4 is 22.5 Å². The van der Waals surface area contributed by atoms with Crippen LogP contribution >= 0.6 is 11.6 Å². The molecule has 23 heavy (non-hydrogen) atoms. The van der Waals surface area contributed by atoms with Crippen LogP contribution in [0, 0.1) is 12.8 Å². The lowest BCUT2D eigenvalue weighted by Crippen LogP contribution is -2.28. The Balaban J connectivity index is 1.92. The Bertz CT molecular complexity index is 946. The van der Waals surface area contributed by atoms with E-state index in [-0.39, 0.29) is 11.6 Å². The molecule has 5 heteroatoms. The summed E-state index contributed by atoms with van der Waals surface area (Å²) in [5.74, 6) is 0.452. The van der Waals surface area contributed by atoms with Crippen molar-refractivity contribution in [2.45, 2.75) is 25.8 Å². The van der Waals surface area contributed by atoms with Gasteiger partial charge >= 0.3 is 0 Å². The first-order valence-corrected chi connectivity index (χ1v) is 8.11. The molecule has 4 rings (SSSR count). The van der Waals surface area contributed by atoms with Gasteiger partial charge in [0.05, 0.1) is 29.0 Å². The second-order valence-electron chi connectivity index (χ2n) is 6.11. The third kappa shape index (κ3) is 2.53. The second-order valence-corrected chi connectivity index (χ2v) is 6.54. The fourth-order valence-electron chi connectivity index (χ4n) is 3.11. The first kappa shape index (κ1) is 14.4. The number of aromatic nitrogens is 3. The maximum Gasteiger partial charge on any atom is 0.261 e. The van der Waals surface area contributed by atoms with Gasteiger partial charge in [-0.25, -0.2) is 4.98 Å². The molecule has 1 aromatic carbocycles. The van der Waals surface area contributed by atoms with Crippen LogP contribution in [0.25, 0.3) is 10.9 Å². The van der Waals surface area contributed by atoms with E-state index in [9.17, 15) is 4.79 Å². The Hall–Kier alpha value is -2.20. The van der Waals surface area contributed by atoms with E-state index in [1.807, 2.05) is 19.1 Å². The lowest BCUT2D eigenvalue weighted by molar-refractivity contribution is 0.487. The predicted octanol–water partition coefficient (Wildman–Crippen LogP) is 3.75. The summed E-state index contributed by atoms with van der Waals surface area (Å²) in [7, 11) is 0. The Kier molecular flexibility index (Phi) is 3.42. The van der Waals surface area contributed by atoms with Gasteiger partial charge in [-0.1, -0.05) is 17.7 Å². The van der Waals surface area contributed by atoms with Crippen molar-refractivity contribution < 1.29 is 0 Å². The highest BCUT2D eigenvalue weighted by Gasteiger charge is 2.36. The van der Waals surface area contributed by atoms with Crippen LogP contribution in [0.5, 0.6) is 0 Å². The summed E-state index contributed by atoms with van der Waals surface area (Å²) in [5, 5.41) is 1.18. The monoisotopic (exact) mass is 325 g/mol. The molecule has 1 saturated carbocycles. The molecule has 0 unspecified atom stereocenters. The molecular weight excluding hydrogens is 310 g/mol. The third-order valence-corrected chi connectivity index (χ3v) is 4.68. The summed E-state index contributed by atoms with van der Waals surface area (Å²) in [6.07, 6.45) is 5.66. The van der Waals surface area contributed by atoms with Gasteiger partial charge in [0.15, 0.2) is 0 Å². The van der Waals surface area contributed by atoms with Crippen molar-refractivity contribution in [2.24, 2.45) is 5.92 Å². The number of hydrogen-bond donors (Lipinski definition) is 0. The van der Waals surface area contributed by atoms with Crippen LogP contribution in [-0.4, -0.2) is 14.5 Å². The first-order valence-electron chi connectivity index (χ1n) is 7.73. The second kappa shape index (κ2) is 5.46. The highest BCUT2D eigenvalue weighted by atomic mass is 35.5. The molecule has 4 nitrogen and oxygen atoms in total. The molecule has 0 aliphatic heterocycles. The standard InChI is InChI=1S/C18H16ClN3O/c1-11-3-2-8-20-16(11)17(12-4-5-12)22-10-21-15-9-13(19)6-7-14(15)18(22)23/h2-3,6-10,12,17H,4-5H2,1H3/t17-/m0/s1. The average molecular weight is 326 g/mol. The highest BCUT2D eigenvalue weighted by Crippen LogP contribution is 2.43. The molecule has 0 amide bonds. The fourth-order valence-corrected chi connectivity index (χ4v) is 3.27. The van der Waals surface area contributed by atoms with Gasteiger partial charge in [-0.15, -0.1) is 0 Å². The minimum absolute atomic E-state index is 0.0337. The largest absolute Gasteiger partial charge is 0.289 e. The number of hydrogen-bond acceptors (Lipinski definition) is 3. The van der Waals surface area contributed by atoms with Crippen LogP contribution < -0.4 is 5.56 Å². The van der Waals surface area contributed by atoms with Crippen LogP contribution in [0.4, 0.5) is 0 Å². The number of halogens is 1. The maximum absolute atomic E-state index is 13.0. The topological polar surface area (TPSA) is 47.8 Å². The van der Waals surface area contributed by atoms with Gasteiger partial charge in [-0.2, -0.15) is 0 Å². The van der Waals surface area contributed by atoms with Crippen molar-refractivity contribution in [3.8, 4) is 0 Å². The summed E-state index contributed by atoms with van der Waals surface area (Å²) < 4.78 is 1.74. The van der Waals surface area contributed by atoms with Gasteiger partial charge in [-0.3, -0.25) is 14.3 Å². The number of fused-ring (bicyclic) bond motifs is 1. The van der Waals surface area contributed by atoms with Gasteiger partial charge in [0.1, 0.15) is 0 Å². The van der Waals surface area contributed by atoms with Crippen molar-refractivity contribution in [1.29, 1.82) is 0 Å². The van der Waals surface area contributed by atoms with E-state index in [4.69, 9.17) is 11.6 Å². The third-order valence-electron chi connectivity index (χ3n) is 4.44. The number of rotatable bonds is 3. The molecule has 1 aliphatic rings. The van der Waals surface area contributed by atoms with E-state index in [1.165, 1.54) is 0 Å². The van der Waals surface area contributed by atoms with E-state index in [0.717, 1.165) is 24.1 Å². The summed E-state index contributed by atoms with van der Waals surface area (Å²) in [5.41, 5.74) is 2.67. The van der Waals surface area contributed by atoms with E-state index >= 15 is 0 Å². The maximum atomic E-state index is 13.0. The molecule has 2 heterocycles. The lowest BCUT2D eigenvalue weighted by atomic mass is 10.0. The van der Waals surface area contributed by atoms with Gasteiger partial charge in [0, 0.05) is 11.2 Å². The summed E-state index contributed by atoms with van der Waals surface area (Å²) >= 11 is 5.99. The van der Waals surface area contributed by atoms with E-state index in [0.29, 0.717) is 21.8 Å². The highest BCUT2D eigenvalue weighted by molar-refractivity contribution is 6.31. The number of benzene rings is 1. The smallest absolute Gasteiger partial charge is 0.261 e.